The van der Waals surface area contributed by atoms with E-state index < -0.39 is 0 Å². The van der Waals surface area contributed by atoms with Crippen molar-refractivity contribution in [2.24, 2.45) is 5.92 Å². The SMILES string of the molecule is CN(Cc1ccccc1)C(=O)C1CCN(C(=O)c2ccccc2Cl)CC1. The summed E-state index contributed by atoms with van der Waals surface area (Å²) < 4.78 is 0. The molecular weight excluding hydrogens is 348 g/mol. The van der Waals surface area contributed by atoms with Crippen molar-refractivity contribution in [1.29, 1.82) is 0 Å². The van der Waals surface area contributed by atoms with Crippen LogP contribution in [0, 0.1) is 5.92 Å². The van der Waals surface area contributed by atoms with E-state index in [4.69, 9.17) is 11.6 Å². The second kappa shape index (κ2) is 8.37. The second-order valence-corrected chi connectivity index (χ2v) is 7.13. The maximum Gasteiger partial charge on any atom is 0.255 e. The summed E-state index contributed by atoms with van der Waals surface area (Å²) in [7, 11) is 1.84. The Morgan fingerprint density at radius 2 is 1.65 bits per heavy atom. The molecule has 0 bridgehead atoms. The van der Waals surface area contributed by atoms with Crippen LogP contribution in [-0.4, -0.2) is 41.8 Å². The van der Waals surface area contributed by atoms with Crippen LogP contribution in [0.3, 0.4) is 0 Å². The Morgan fingerprint density at radius 3 is 2.31 bits per heavy atom. The highest BCUT2D eigenvalue weighted by atomic mass is 35.5. The van der Waals surface area contributed by atoms with Crippen LogP contribution in [0.2, 0.25) is 5.02 Å². The van der Waals surface area contributed by atoms with Gasteiger partial charge in [-0.1, -0.05) is 54.1 Å². The van der Waals surface area contributed by atoms with Crippen molar-refractivity contribution in [3.8, 4) is 0 Å². The third-order valence-electron chi connectivity index (χ3n) is 4.87. The lowest BCUT2D eigenvalue weighted by Gasteiger charge is -2.33. The summed E-state index contributed by atoms with van der Waals surface area (Å²) in [6.45, 7) is 1.78. The van der Waals surface area contributed by atoms with Crippen LogP contribution in [0.25, 0.3) is 0 Å². The van der Waals surface area contributed by atoms with E-state index in [-0.39, 0.29) is 17.7 Å². The fraction of sp³-hybridized carbons (Fsp3) is 0.333. The number of hydrogen-bond acceptors (Lipinski definition) is 2. The lowest BCUT2D eigenvalue weighted by atomic mass is 9.94. The second-order valence-electron chi connectivity index (χ2n) is 6.73. The van der Waals surface area contributed by atoms with Gasteiger partial charge >= 0.3 is 0 Å². The number of likely N-dealkylation sites (tertiary alicyclic amines) is 1. The number of rotatable bonds is 4. The van der Waals surface area contributed by atoms with Gasteiger partial charge in [0.2, 0.25) is 5.91 Å². The van der Waals surface area contributed by atoms with Crippen molar-refractivity contribution in [2.45, 2.75) is 19.4 Å². The predicted molar refractivity (Wildman–Crippen MR) is 103 cm³/mol. The summed E-state index contributed by atoms with van der Waals surface area (Å²) in [6.07, 6.45) is 1.38. The number of halogens is 1. The van der Waals surface area contributed by atoms with Crippen molar-refractivity contribution in [3.63, 3.8) is 0 Å². The first-order valence-corrected chi connectivity index (χ1v) is 9.27. The van der Waals surface area contributed by atoms with E-state index in [1.807, 2.05) is 49.5 Å². The number of benzene rings is 2. The molecule has 26 heavy (non-hydrogen) atoms. The van der Waals surface area contributed by atoms with Gasteiger partial charge in [0.25, 0.3) is 5.91 Å². The molecule has 0 saturated carbocycles. The Labute approximate surface area is 159 Å². The summed E-state index contributed by atoms with van der Waals surface area (Å²) in [4.78, 5) is 28.9. The van der Waals surface area contributed by atoms with Gasteiger partial charge in [-0.15, -0.1) is 0 Å². The van der Waals surface area contributed by atoms with Crippen molar-refractivity contribution in [1.82, 2.24) is 9.80 Å². The Hall–Kier alpha value is -2.33. The van der Waals surface area contributed by atoms with Crippen LogP contribution in [0.15, 0.2) is 54.6 Å². The van der Waals surface area contributed by atoms with E-state index in [2.05, 4.69) is 0 Å². The zero-order chi connectivity index (χ0) is 18.5. The van der Waals surface area contributed by atoms with Crippen molar-refractivity contribution in [2.75, 3.05) is 20.1 Å². The molecular formula is C21H23ClN2O2. The number of amides is 2. The maximum absolute atomic E-state index is 12.7. The van der Waals surface area contributed by atoms with Crippen molar-refractivity contribution >= 4 is 23.4 Å². The van der Waals surface area contributed by atoms with Crippen LogP contribution < -0.4 is 0 Å². The van der Waals surface area contributed by atoms with Gasteiger partial charge < -0.3 is 9.80 Å². The summed E-state index contributed by atoms with van der Waals surface area (Å²) in [5, 5.41) is 0.471. The molecule has 5 heteroatoms. The Bertz CT molecular complexity index is 771. The van der Waals surface area contributed by atoms with Gasteiger partial charge in [0.1, 0.15) is 0 Å². The molecule has 0 aliphatic carbocycles. The smallest absolute Gasteiger partial charge is 0.255 e. The Morgan fingerprint density at radius 1 is 1.04 bits per heavy atom. The van der Waals surface area contributed by atoms with Gasteiger partial charge in [0.05, 0.1) is 10.6 Å². The molecule has 1 heterocycles. The van der Waals surface area contributed by atoms with Gasteiger partial charge in [-0.05, 0) is 30.5 Å². The first kappa shape index (κ1) is 18.5. The van der Waals surface area contributed by atoms with Crippen LogP contribution >= 0.6 is 11.6 Å². The Kier molecular flexibility index (Phi) is 5.94. The molecule has 0 radical (unpaired) electrons. The van der Waals surface area contributed by atoms with E-state index >= 15 is 0 Å². The van der Waals surface area contributed by atoms with Crippen molar-refractivity contribution in [3.05, 3.63) is 70.7 Å². The molecule has 2 aromatic carbocycles. The van der Waals surface area contributed by atoms with E-state index in [1.54, 1.807) is 21.9 Å². The number of nitrogens with zero attached hydrogens (tertiary/aromatic N) is 2. The van der Waals surface area contributed by atoms with Crippen LogP contribution in [0.1, 0.15) is 28.8 Å². The van der Waals surface area contributed by atoms with Gasteiger partial charge in [0, 0.05) is 32.6 Å². The first-order valence-electron chi connectivity index (χ1n) is 8.89. The van der Waals surface area contributed by atoms with E-state index in [1.165, 1.54) is 0 Å². The fourth-order valence-electron chi connectivity index (χ4n) is 3.38. The standard InChI is InChI=1S/C21H23ClN2O2/c1-23(15-16-7-3-2-4-8-16)20(25)17-11-13-24(14-12-17)21(26)18-9-5-6-10-19(18)22/h2-10,17H,11-15H2,1H3. The average Bonchev–Trinajstić information content (AvgIpc) is 2.68. The normalized spacial score (nSPS) is 14.9. The monoisotopic (exact) mass is 370 g/mol. The quantitative estimate of drug-likeness (QED) is 0.820. The predicted octanol–water partition coefficient (Wildman–Crippen LogP) is 3.85. The first-order chi connectivity index (χ1) is 12.6. The van der Waals surface area contributed by atoms with E-state index in [9.17, 15) is 9.59 Å². The zero-order valence-corrected chi connectivity index (χ0v) is 15.7. The largest absolute Gasteiger partial charge is 0.341 e. The average molecular weight is 371 g/mol. The molecule has 3 rings (SSSR count). The van der Waals surface area contributed by atoms with E-state index in [0.29, 0.717) is 43.1 Å². The molecule has 4 nitrogen and oxygen atoms in total. The van der Waals surface area contributed by atoms with E-state index in [0.717, 1.165) is 5.56 Å². The molecule has 0 N–H and O–H groups in total. The van der Waals surface area contributed by atoms with Gasteiger partial charge in [-0.2, -0.15) is 0 Å². The molecule has 1 aliphatic heterocycles. The lowest BCUT2D eigenvalue weighted by molar-refractivity contribution is -0.136. The molecule has 1 aliphatic rings. The van der Waals surface area contributed by atoms with Crippen molar-refractivity contribution < 1.29 is 9.59 Å². The van der Waals surface area contributed by atoms with Crippen LogP contribution in [0.5, 0.6) is 0 Å². The summed E-state index contributed by atoms with van der Waals surface area (Å²) >= 11 is 6.13. The number of carbonyl (C=O) groups is 2. The lowest BCUT2D eigenvalue weighted by Crippen LogP contribution is -2.43. The molecule has 0 atom stereocenters. The maximum atomic E-state index is 12.7. The topological polar surface area (TPSA) is 40.6 Å². The molecule has 0 unspecified atom stereocenters. The summed E-state index contributed by atoms with van der Waals surface area (Å²) in [6, 6.07) is 17.1. The highest BCUT2D eigenvalue weighted by Crippen LogP contribution is 2.24. The molecule has 1 saturated heterocycles. The minimum atomic E-state index is -0.0564. The van der Waals surface area contributed by atoms with Crippen LogP contribution in [0.4, 0.5) is 0 Å². The zero-order valence-electron chi connectivity index (χ0n) is 14.9. The minimum Gasteiger partial charge on any atom is -0.341 e. The Balaban J connectivity index is 1.55. The third-order valence-corrected chi connectivity index (χ3v) is 5.20. The number of carbonyl (C=O) groups excluding carboxylic acids is 2. The number of piperidine rings is 1. The summed E-state index contributed by atoms with van der Waals surface area (Å²) in [5.74, 6) is 0.0665. The minimum absolute atomic E-state index is 0.0287. The van der Waals surface area contributed by atoms with Crippen LogP contribution in [-0.2, 0) is 11.3 Å². The van der Waals surface area contributed by atoms with Gasteiger partial charge in [-0.25, -0.2) is 0 Å². The molecule has 1 fully saturated rings. The molecule has 2 amide bonds. The highest BCUT2D eigenvalue weighted by Gasteiger charge is 2.30. The molecule has 136 valence electrons. The highest BCUT2D eigenvalue weighted by molar-refractivity contribution is 6.33. The molecule has 2 aromatic rings. The number of hydrogen-bond donors (Lipinski definition) is 0. The van der Waals surface area contributed by atoms with Gasteiger partial charge in [-0.3, -0.25) is 9.59 Å². The van der Waals surface area contributed by atoms with Gasteiger partial charge in [0.15, 0.2) is 0 Å². The molecule has 0 spiro atoms. The fourth-order valence-corrected chi connectivity index (χ4v) is 3.60. The third kappa shape index (κ3) is 4.25. The summed E-state index contributed by atoms with van der Waals surface area (Å²) in [5.41, 5.74) is 1.65. The molecule has 0 aromatic heterocycles.